The van der Waals surface area contributed by atoms with Gasteiger partial charge in [0.15, 0.2) is 0 Å². The Kier molecular flexibility index (Phi) is 3.43. The zero-order valence-electron chi connectivity index (χ0n) is 10.6. The Hall–Kier alpha value is -1.53. The molecule has 1 unspecified atom stereocenters. The molecule has 0 amide bonds. The number of nitro groups is 1. The number of aliphatic hydroxyl groups is 1. The molecular weight excluding hydrogens is 324 g/mol. The molecule has 1 fully saturated rings. The van der Waals surface area contributed by atoms with Gasteiger partial charge in [0.2, 0.25) is 0 Å². The molecule has 0 spiro atoms. The summed E-state index contributed by atoms with van der Waals surface area (Å²) in [5, 5.41) is 22.0. The van der Waals surface area contributed by atoms with Crippen LogP contribution in [0.2, 0.25) is 0 Å². The first kappa shape index (κ1) is 13.5. The monoisotopic (exact) mass is 336 g/mol. The van der Waals surface area contributed by atoms with E-state index in [9.17, 15) is 15.2 Å². The average Bonchev–Trinajstić information content (AvgIpc) is 3.23. The molecule has 2 aromatic rings. The van der Waals surface area contributed by atoms with Gasteiger partial charge in [-0.15, -0.1) is 0 Å². The van der Waals surface area contributed by atoms with E-state index in [-0.39, 0.29) is 11.6 Å². The fraction of sp³-hybridized carbons (Fsp3) is 0.357. The summed E-state index contributed by atoms with van der Waals surface area (Å²) in [6.07, 6.45) is 3.07. The molecule has 1 aliphatic carbocycles. The largest absolute Gasteiger partial charge is 0.392 e. The zero-order valence-corrected chi connectivity index (χ0v) is 12.2. The molecule has 0 bridgehead atoms. The predicted octanol–water partition coefficient (Wildman–Crippen LogP) is 3.22. The second-order valence-electron chi connectivity index (χ2n) is 5.15. The highest BCUT2D eigenvalue weighted by Gasteiger charge is 2.32. The minimum atomic E-state index is -0.515. The number of aromatic nitrogens is 1. The molecule has 1 aromatic heterocycles. The third kappa shape index (κ3) is 2.53. The molecule has 0 radical (unpaired) electrons. The van der Waals surface area contributed by atoms with Crippen LogP contribution in [0.1, 0.15) is 18.4 Å². The summed E-state index contributed by atoms with van der Waals surface area (Å²) in [7, 11) is 0. The van der Waals surface area contributed by atoms with E-state index in [0.717, 1.165) is 22.7 Å². The second-order valence-corrected chi connectivity index (χ2v) is 6.07. The van der Waals surface area contributed by atoms with E-state index in [1.807, 2.05) is 18.2 Å². The van der Waals surface area contributed by atoms with Crippen LogP contribution in [0, 0.1) is 16.0 Å². The van der Waals surface area contributed by atoms with E-state index < -0.39 is 11.0 Å². The molecule has 1 saturated carbocycles. The lowest BCUT2D eigenvalue weighted by atomic mass is 9.99. The van der Waals surface area contributed by atoms with Crippen molar-refractivity contribution in [1.29, 1.82) is 0 Å². The number of nitrogens with zero attached hydrogens (tertiary/aromatic N) is 2. The van der Waals surface area contributed by atoms with Crippen LogP contribution in [-0.4, -0.2) is 21.1 Å². The van der Waals surface area contributed by atoms with Crippen molar-refractivity contribution in [3.63, 3.8) is 0 Å². The molecule has 6 heteroatoms. The van der Waals surface area contributed by atoms with Gasteiger partial charge in [0.1, 0.15) is 6.20 Å². The summed E-state index contributed by atoms with van der Waals surface area (Å²) in [4.78, 5) is 14.9. The molecule has 3 rings (SSSR count). The van der Waals surface area contributed by atoms with Crippen LogP contribution in [0.5, 0.6) is 0 Å². The highest BCUT2D eigenvalue weighted by Crippen LogP contribution is 2.37. The maximum atomic E-state index is 11.2. The van der Waals surface area contributed by atoms with Gasteiger partial charge in [-0.2, -0.15) is 0 Å². The van der Waals surface area contributed by atoms with Crippen molar-refractivity contribution in [3.8, 4) is 0 Å². The molecular formula is C14H13BrN2O3. The van der Waals surface area contributed by atoms with E-state index >= 15 is 0 Å². The Labute approximate surface area is 123 Å². The Bertz CT molecular complexity index is 685. The number of fused-ring (bicyclic) bond motifs is 1. The summed E-state index contributed by atoms with van der Waals surface area (Å²) >= 11 is 3.38. The summed E-state index contributed by atoms with van der Waals surface area (Å²) in [6, 6.07) is 5.49. The van der Waals surface area contributed by atoms with Gasteiger partial charge >= 0.3 is 0 Å². The first-order valence-corrected chi connectivity index (χ1v) is 7.25. The summed E-state index contributed by atoms with van der Waals surface area (Å²) in [5.74, 6) is 0.282. The molecule has 1 heterocycles. The Balaban J connectivity index is 2.14. The molecule has 1 aromatic carbocycles. The maximum absolute atomic E-state index is 11.2. The van der Waals surface area contributed by atoms with Crippen molar-refractivity contribution in [2.24, 2.45) is 5.92 Å². The summed E-state index contributed by atoms with van der Waals surface area (Å²) < 4.78 is 0.842. The zero-order chi connectivity index (χ0) is 14.3. The topological polar surface area (TPSA) is 76.3 Å². The van der Waals surface area contributed by atoms with E-state index in [4.69, 9.17) is 0 Å². The molecule has 0 aliphatic heterocycles. The number of halogens is 1. The first-order chi connectivity index (χ1) is 9.56. The smallest absolute Gasteiger partial charge is 0.291 e. The fourth-order valence-corrected chi connectivity index (χ4v) is 2.80. The Morgan fingerprint density at radius 3 is 2.90 bits per heavy atom. The molecule has 1 aliphatic rings. The van der Waals surface area contributed by atoms with Gasteiger partial charge in [0.25, 0.3) is 5.69 Å². The lowest BCUT2D eigenvalue weighted by Crippen LogP contribution is -2.14. The Morgan fingerprint density at radius 1 is 1.50 bits per heavy atom. The van der Waals surface area contributed by atoms with Gasteiger partial charge in [0.05, 0.1) is 16.5 Å². The number of benzene rings is 1. The van der Waals surface area contributed by atoms with Gasteiger partial charge < -0.3 is 5.11 Å². The lowest BCUT2D eigenvalue weighted by Gasteiger charge is -2.12. The van der Waals surface area contributed by atoms with Gasteiger partial charge in [-0.25, -0.2) is 4.98 Å². The standard InChI is InChI=1S/C14H13BrN2O3/c15-9-3-4-12-10(5-9)11(6-14(18)8-1-2-8)13(7-16-12)17(19)20/h3-5,7-8,14,18H,1-2,6H2. The van der Waals surface area contributed by atoms with Crippen molar-refractivity contribution in [1.82, 2.24) is 4.98 Å². The van der Waals surface area contributed by atoms with Crippen LogP contribution in [0.15, 0.2) is 28.9 Å². The third-order valence-electron chi connectivity index (χ3n) is 3.69. The maximum Gasteiger partial charge on any atom is 0.291 e. The van der Waals surface area contributed by atoms with E-state index in [1.165, 1.54) is 6.20 Å². The van der Waals surface area contributed by atoms with Crippen molar-refractivity contribution >= 4 is 32.5 Å². The number of hydrogen-bond donors (Lipinski definition) is 1. The second kappa shape index (κ2) is 5.10. The van der Waals surface area contributed by atoms with Crippen LogP contribution in [0.4, 0.5) is 5.69 Å². The Morgan fingerprint density at radius 2 is 2.25 bits per heavy atom. The van der Waals surface area contributed by atoms with Crippen LogP contribution < -0.4 is 0 Å². The van der Waals surface area contributed by atoms with Crippen LogP contribution in [0.25, 0.3) is 10.9 Å². The molecule has 0 saturated heterocycles. The van der Waals surface area contributed by atoms with Crippen LogP contribution in [0.3, 0.4) is 0 Å². The highest BCUT2D eigenvalue weighted by atomic mass is 79.9. The number of hydrogen-bond acceptors (Lipinski definition) is 4. The van der Waals surface area contributed by atoms with Crippen LogP contribution >= 0.6 is 15.9 Å². The predicted molar refractivity (Wildman–Crippen MR) is 78.5 cm³/mol. The minimum absolute atomic E-state index is 0.0182. The molecule has 1 N–H and O–H groups in total. The lowest BCUT2D eigenvalue weighted by molar-refractivity contribution is -0.385. The molecule has 5 nitrogen and oxygen atoms in total. The van der Waals surface area contributed by atoms with Crippen molar-refractivity contribution in [2.45, 2.75) is 25.4 Å². The van der Waals surface area contributed by atoms with E-state index in [1.54, 1.807) is 0 Å². The summed E-state index contributed by atoms with van der Waals surface area (Å²) in [6.45, 7) is 0. The highest BCUT2D eigenvalue weighted by molar-refractivity contribution is 9.10. The fourth-order valence-electron chi connectivity index (χ4n) is 2.44. The molecule has 1 atom stereocenters. The number of pyridine rings is 1. The molecule has 104 valence electrons. The minimum Gasteiger partial charge on any atom is -0.392 e. The summed E-state index contributed by atoms with van der Waals surface area (Å²) in [5.41, 5.74) is 1.26. The average molecular weight is 337 g/mol. The van der Waals surface area contributed by atoms with Crippen molar-refractivity contribution in [2.75, 3.05) is 0 Å². The van der Waals surface area contributed by atoms with Gasteiger partial charge in [-0.1, -0.05) is 15.9 Å². The quantitative estimate of drug-likeness (QED) is 0.686. The number of rotatable bonds is 4. The van der Waals surface area contributed by atoms with Crippen LogP contribution in [-0.2, 0) is 6.42 Å². The van der Waals surface area contributed by atoms with Gasteiger partial charge in [-0.05, 0) is 37.0 Å². The van der Waals surface area contributed by atoms with E-state index in [2.05, 4.69) is 20.9 Å². The third-order valence-corrected chi connectivity index (χ3v) is 4.19. The van der Waals surface area contributed by atoms with Gasteiger partial charge in [0, 0.05) is 21.8 Å². The van der Waals surface area contributed by atoms with Gasteiger partial charge in [-0.3, -0.25) is 10.1 Å². The normalized spacial score (nSPS) is 16.3. The molecule has 20 heavy (non-hydrogen) atoms. The SMILES string of the molecule is O=[N+]([O-])c1cnc2ccc(Br)cc2c1CC(O)C1CC1. The first-order valence-electron chi connectivity index (χ1n) is 6.46. The van der Waals surface area contributed by atoms with E-state index in [0.29, 0.717) is 17.5 Å². The van der Waals surface area contributed by atoms with Crippen molar-refractivity contribution in [3.05, 3.63) is 44.5 Å². The van der Waals surface area contributed by atoms with Crippen molar-refractivity contribution < 1.29 is 10.0 Å². The number of aliphatic hydroxyl groups excluding tert-OH is 1.